The van der Waals surface area contributed by atoms with Crippen LogP contribution in [0.2, 0.25) is 5.02 Å². The number of hydrogen-bond donors (Lipinski definition) is 0. The summed E-state index contributed by atoms with van der Waals surface area (Å²) in [6, 6.07) is 14.6. The lowest BCUT2D eigenvalue weighted by molar-refractivity contribution is -0.133. The van der Waals surface area contributed by atoms with Crippen molar-refractivity contribution in [1.29, 1.82) is 0 Å². The van der Waals surface area contributed by atoms with E-state index in [4.69, 9.17) is 16.3 Å². The molecule has 0 bridgehead atoms. The van der Waals surface area contributed by atoms with E-state index >= 15 is 0 Å². The number of rotatable bonds is 7. The monoisotopic (exact) mass is 451 g/mol. The van der Waals surface area contributed by atoms with Gasteiger partial charge in [0.1, 0.15) is 10.6 Å². The highest BCUT2D eigenvalue weighted by molar-refractivity contribution is 7.89. The maximum Gasteiger partial charge on any atom is 0.247 e. The number of hydrogen-bond acceptors (Lipinski definition) is 5. The Morgan fingerprint density at radius 1 is 1.10 bits per heavy atom. The summed E-state index contributed by atoms with van der Waals surface area (Å²) in [5.41, 5.74) is 1.23. The first-order valence-electron chi connectivity index (χ1n) is 9.65. The topological polar surface area (TPSA) is 70.2 Å². The number of methoxy groups -OCH3 is 1. The standard InChI is InChI=1S/C21H26ClN3O4S/c1-23(30(27,28)20-14-18(22)8-9-19(20)29-2)16-21(26)25-12-10-24(11-13-25)15-17-6-4-3-5-7-17/h3-9,14H,10-13,15-16H2,1-2H3. The Morgan fingerprint density at radius 3 is 2.40 bits per heavy atom. The van der Waals surface area contributed by atoms with E-state index < -0.39 is 10.0 Å². The molecule has 0 aliphatic carbocycles. The third kappa shape index (κ3) is 5.31. The van der Waals surface area contributed by atoms with Crippen molar-refractivity contribution in [3.8, 4) is 5.75 Å². The molecule has 3 rings (SSSR count). The van der Waals surface area contributed by atoms with Gasteiger partial charge in [0.25, 0.3) is 0 Å². The molecule has 0 radical (unpaired) electrons. The van der Waals surface area contributed by atoms with Crippen LogP contribution in [-0.2, 0) is 21.4 Å². The van der Waals surface area contributed by atoms with E-state index in [9.17, 15) is 13.2 Å². The molecule has 0 aromatic heterocycles. The molecule has 0 N–H and O–H groups in total. The molecule has 2 aromatic rings. The van der Waals surface area contributed by atoms with E-state index in [0.29, 0.717) is 13.1 Å². The van der Waals surface area contributed by atoms with Gasteiger partial charge in [-0.2, -0.15) is 4.31 Å². The zero-order valence-electron chi connectivity index (χ0n) is 17.1. The maximum absolute atomic E-state index is 12.9. The van der Waals surface area contributed by atoms with Gasteiger partial charge in [-0.05, 0) is 23.8 Å². The minimum absolute atomic E-state index is 0.0551. The van der Waals surface area contributed by atoms with Crippen LogP contribution < -0.4 is 4.74 Å². The van der Waals surface area contributed by atoms with Crippen LogP contribution in [0.3, 0.4) is 0 Å². The second-order valence-corrected chi connectivity index (χ2v) is 9.65. The van der Waals surface area contributed by atoms with E-state index in [1.807, 2.05) is 18.2 Å². The molecule has 2 aromatic carbocycles. The zero-order chi connectivity index (χ0) is 21.7. The van der Waals surface area contributed by atoms with Crippen LogP contribution in [0, 0.1) is 0 Å². The zero-order valence-corrected chi connectivity index (χ0v) is 18.7. The smallest absolute Gasteiger partial charge is 0.247 e. The van der Waals surface area contributed by atoms with Gasteiger partial charge in [-0.3, -0.25) is 9.69 Å². The first kappa shape index (κ1) is 22.6. The molecule has 1 aliphatic rings. The highest BCUT2D eigenvalue weighted by Gasteiger charge is 2.29. The Bertz CT molecular complexity index is 977. The molecule has 0 unspecified atom stereocenters. The lowest BCUT2D eigenvalue weighted by atomic mass is 10.2. The summed E-state index contributed by atoms with van der Waals surface area (Å²) in [7, 11) is -1.14. The van der Waals surface area contributed by atoms with E-state index in [-0.39, 0.29) is 28.1 Å². The SMILES string of the molecule is COc1ccc(Cl)cc1S(=O)(=O)N(C)CC(=O)N1CCN(Cc2ccccc2)CC1. The van der Waals surface area contributed by atoms with E-state index in [1.165, 1.54) is 31.9 Å². The summed E-state index contributed by atoms with van der Waals surface area (Å²) < 4.78 is 32.1. The largest absolute Gasteiger partial charge is 0.495 e. The third-order valence-corrected chi connectivity index (χ3v) is 7.21. The lowest BCUT2D eigenvalue weighted by Gasteiger charge is -2.35. The van der Waals surface area contributed by atoms with Crippen molar-refractivity contribution in [2.24, 2.45) is 0 Å². The van der Waals surface area contributed by atoms with Crippen molar-refractivity contribution in [1.82, 2.24) is 14.1 Å². The number of nitrogens with zero attached hydrogens (tertiary/aromatic N) is 3. The predicted octanol–water partition coefficient (Wildman–Crippen LogP) is 2.31. The highest BCUT2D eigenvalue weighted by atomic mass is 35.5. The quantitative estimate of drug-likeness (QED) is 0.646. The van der Waals surface area contributed by atoms with Gasteiger partial charge < -0.3 is 9.64 Å². The van der Waals surface area contributed by atoms with Gasteiger partial charge in [0.2, 0.25) is 15.9 Å². The number of likely N-dealkylation sites (N-methyl/N-ethyl adjacent to an activating group) is 1. The van der Waals surface area contributed by atoms with Crippen LogP contribution in [0.1, 0.15) is 5.56 Å². The van der Waals surface area contributed by atoms with Crippen LogP contribution in [0.4, 0.5) is 0 Å². The Kier molecular flexibility index (Phi) is 7.36. The number of carbonyl (C=O) groups is 1. The van der Waals surface area contributed by atoms with Gasteiger partial charge in [-0.15, -0.1) is 0 Å². The number of amides is 1. The summed E-state index contributed by atoms with van der Waals surface area (Å²) in [6.45, 7) is 3.24. The predicted molar refractivity (Wildman–Crippen MR) is 116 cm³/mol. The molecule has 162 valence electrons. The van der Waals surface area contributed by atoms with Crippen LogP contribution in [-0.4, -0.2) is 75.3 Å². The fourth-order valence-electron chi connectivity index (χ4n) is 3.39. The fourth-order valence-corrected chi connectivity index (χ4v) is 4.93. The Hall–Kier alpha value is -2.13. The minimum atomic E-state index is -3.92. The second-order valence-electron chi connectivity index (χ2n) is 7.20. The number of halogens is 1. The first-order valence-corrected chi connectivity index (χ1v) is 11.5. The molecule has 1 saturated heterocycles. The molecule has 1 heterocycles. The molecule has 1 fully saturated rings. The summed E-state index contributed by atoms with van der Waals surface area (Å²) in [5.74, 6) is -0.0327. The van der Waals surface area contributed by atoms with Crippen LogP contribution in [0.15, 0.2) is 53.4 Å². The van der Waals surface area contributed by atoms with Crippen LogP contribution in [0.25, 0.3) is 0 Å². The molecule has 0 saturated carbocycles. The van der Waals surface area contributed by atoms with Gasteiger partial charge in [0, 0.05) is 44.8 Å². The van der Waals surface area contributed by atoms with Gasteiger partial charge in [0.15, 0.2) is 0 Å². The second kappa shape index (κ2) is 9.78. The normalized spacial score (nSPS) is 15.4. The molecule has 1 aliphatic heterocycles. The van der Waals surface area contributed by atoms with Gasteiger partial charge in [0.05, 0.1) is 13.7 Å². The van der Waals surface area contributed by atoms with Crippen molar-refractivity contribution in [2.45, 2.75) is 11.4 Å². The van der Waals surface area contributed by atoms with Gasteiger partial charge in [-0.1, -0.05) is 41.9 Å². The minimum Gasteiger partial charge on any atom is -0.495 e. The van der Waals surface area contributed by atoms with Crippen molar-refractivity contribution in [3.05, 3.63) is 59.1 Å². The lowest BCUT2D eigenvalue weighted by Crippen LogP contribution is -2.51. The molecule has 30 heavy (non-hydrogen) atoms. The number of sulfonamides is 1. The van der Waals surface area contributed by atoms with Crippen LogP contribution >= 0.6 is 11.6 Å². The molecule has 1 amide bonds. The number of carbonyl (C=O) groups excluding carboxylic acids is 1. The molecular formula is C21H26ClN3O4S. The average molecular weight is 452 g/mol. The van der Waals surface area contributed by atoms with E-state index in [0.717, 1.165) is 23.9 Å². The molecule has 9 heteroatoms. The highest BCUT2D eigenvalue weighted by Crippen LogP contribution is 2.29. The molecule has 7 nitrogen and oxygen atoms in total. The Balaban J connectivity index is 1.59. The summed E-state index contributed by atoms with van der Waals surface area (Å²) >= 11 is 5.97. The third-order valence-electron chi connectivity index (χ3n) is 5.15. The van der Waals surface area contributed by atoms with E-state index in [2.05, 4.69) is 17.0 Å². The fraction of sp³-hybridized carbons (Fsp3) is 0.381. The summed E-state index contributed by atoms with van der Waals surface area (Å²) in [5, 5.41) is 0.281. The van der Waals surface area contributed by atoms with Crippen molar-refractivity contribution in [2.75, 3.05) is 46.9 Å². The molecule has 0 spiro atoms. The average Bonchev–Trinajstić information content (AvgIpc) is 2.74. The first-order chi connectivity index (χ1) is 14.3. The number of piperazine rings is 1. The van der Waals surface area contributed by atoms with Crippen molar-refractivity contribution < 1.29 is 17.9 Å². The maximum atomic E-state index is 12.9. The van der Waals surface area contributed by atoms with Gasteiger partial charge in [-0.25, -0.2) is 8.42 Å². The number of benzene rings is 2. The Morgan fingerprint density at radius 2 is 1.77 bits per heavy atom. The number of ether oxygens (including phenoxy) is 1. The van der Waals surface area contributed by atoms with Crippen molar-refractivity contribution in [3.63, 3.8) is 0 Å². The Labute approximate surface area is 182 Å². The summed E-state index contributed by atoms with van der Waals surface area (Å²) in [6.07, 6.45) is 0. The van der Waals surface area contributed by atoms with Gasteiger partial charge >= 0.3 is 0 Å². The molecular weight excluding hydrogens is 426 g/mol. The summed E-state index contributed by atoms with van der Waals surface area (Å²) in [4.78, 5) is 16.7. The molecule has 0 atom stereocenters. The van der Waals surface area contributed by atoms with Crippen molar-refractivity contribution >= 4 is 27.5 Å². The van der Waals surface area contributed by atoms with E-state index in [1.54, 1.807) is 11.0 Å². The van der Waals surface area contributed by atoms with Crippen LogP contribution in [0.5, 0.6) is 5.75 Å².